The molecule has 0 aliphatic rings. The number of ether oxygens (including phenoxy) is 1. The summed E-state index contributed by atoms with van der Waals surface area (Å²) in [5, 5.41) is 10.2. The molecule has 2 rings (SSSR count). The summed E-state index contributed by atoms with van der Waals surface area (Å²) < 4.78 is 5.22. The number of aliphatic hydroxyl groups excluding tert-OH is 1. The minimum absolute atomic E-state index is 0.0710. The Morgan fingerprint density at radius 2 is 2.21 bits per heavy atom. The van der Waals surface area contributed by atoms with E-state index in [1.165, 1.54) is 0 Å². The van der Waals surface area contributed by atoms with Crippen molar-refractivity contribution < 1.29 is 9.84 Å². The SMILES string of the molecule is COc1cccc(Sc2[nH]c(CO)nc2C(C)C)c1. The number of imidazole rings is 1. The van der Waals surface area contributed by atoms with Crippen molar-refractivity contribution in [3.05, 3.63) is 35.8 Å². The van der Waals surface area contributed by atoms with Crippen LogP contribution in [-0.4, -0.2) is 22.2 Å². The second kappa shape index (κ2) is 6.12. The smallest absolute Gasteiger partial charge is 0.133 e. The highest BCUT2D eigenvalue weighted by molar-refractivity contribution is 7.99. The highest BCUT2D eigenvalue weighted by atomic mass is 32.2. The van der Waals surface area contributed by atoms with Gasteiger partial charge in [0.25, 0.3) is 0 Å². The highest BCUT2D eigenvalue weighted by Gasteiger charge is 2.14. The summed E-state index contributed by atoms with van der Waals surface area (Å²) in [4.78, 5) is 8.65. The first-order chi connectivity index (χ1) is 9.13. The first kappa shape index (κ1) is 14.0. The van der Waals surface area contributed by atoms with Crippen LogP contribution in [0.1, 0.15) is 31.3 Å². The first-order valence-electron chi connectivity index (χ1n) is 6.15. The van der Waals surface area contributed by atoms with Gasteiger partial charge in [-0.2, -0.15) is 0 Å². The van der Waals surface area contributed by atoms with Gasteiger partial charge < -0.3 is 14.8 Å². The van der Waals surface area contributed by atoms with Gasteiger partial charge in [0.1, 0.15) is 23.2 Å². The zero-order valence-corrected chi connectivity index (χ0v) is 12.1. The number of rotatable bonds is 5. The van der Waals surface area contributed by atoms with Crippen LogP contribution in [-0.2, 0) is 6.61 Å². The van der Waals surface area contributed by atoms with Crippen LogP contribution in [0.3, 0.4) is 0 Å². The maximum Gasteiger partial charge on any atom is 0.133 e. The molecule has 0 fully saturated rings. The Morgan fingerprint density at radius 3 is 2.84 bits per heavy atom. The van der Waals surface area contributed by atoms with Gasteiger partial charge in [-0.3, -0.25) is 0 Å². The summed E-state index contributed by atoms with van der Waals surface area (Å²) in [5.41, 5.74) is 0.983. The lowest BCUT2D eigenvalue weighted by molar-refractivity contribution is 0.272. The first-order valence-corrected chi connectivity index (χ1v) is 6.97. The molecule has 0 amide bonds. The van der Waals surface area contributed by atoms with Crippen LogP contribution in [0.15, 0.2) is 34.2 Å². The zero-order valence-electron chi connectivity index (χ0n) is 11.3. The van der Waals surface area contributed by atoms with Crippen molar-refractivity contribution in [2.75, 3.05) is 7.11 Å². The molecule has 1 aromatic heterocycles. The zero-order chi connectivity index (χ0) is 13.8. The monoisotopic (exact) mass is 278 g/mol. The Hall–Kier alpha value is -1.46. The highest BCUT2D eigenvalue weighted by Crippen LogP contribution is 2.33. The Balaban J connectivity index is 2.28. The number of nitrogens with zero attached hydrogens (tertiary/aromatic N) is 1. The van der Waals surface area contributed by atoms with Gasteiger partial charge in [0, 0.05) is 4.90 Å². The third kappa shape index (κ3) is 3.30. The molecule has 5 heteroatoms. The summed E-state index contributed by atoms with van der Waals surface area (Å²) in [6, 6.07) is 7.88. The van der Waals surface area contributed by atoms with Crippen molar-refractivity contribution in [1.29, 1.82) is 0 Å². The maximum atomic E-state index is 9.18. The Kier molecular flexibility index (Phi) is 4.50. The van der Waals surface area contributed by atoms with Crippen molar-refractivity contribution in [2.45, 2.75) is 36.3 Å². The third-order valence-electron chi connectivity index (χ3n) is 2.70. The number of methoxy groups -OCH3 is 1. The van der Waals surface area contributed by atoms with E-state index in [4.69, 9.17) is 4.74 Å². The number of hydrogen-bond donors (Lipinski definition) is 2. The minimum atomic E-state index is -0.0710. The topological polar surface area (TPSA) is 58.1 Å². The molecule has 0 saturated heterocycles. The van der Waals surface area contributed by atoms with Gasteiger partial charge >= 0.3 is 0 Å². The van der Waals surface area contributed by atoms with Gasteiger partial charge in [0.2, 0.25) is 0 Å². The average Bonchev–Trinajstić information content (AvgIpc) is 2.82. The Morgan fingerprint density at radius 1 is 1.42 bits per heavy atom. The predicted molar refractivity (Wildman–Crippen MR) is 75.7 cm³/mol. The van der Waals surface area contributed by atoms with E-state index in [9.17, 15) is 5.11 Å². The molecule has 0 unspecified atom stereocenters. The van der Waals surface area contributed by atoms with Crippen LogP contribution >= 0.6 is 11.8 Å². The van der Waals surface area contributed by atoms with Crippen molar-refractivity contribution in [3.8, 4) is 5.75 Å². The molecule has 1 aromatic carbocycles. The summed E-state index contributed by atoms with van der Waals surface area (Å²) in [5.74, 6) is 1.75. The summed E-state index contributed by atoms with van der Waals surface area (Å²) in [7, 11) is 1.66. The van der Waals surface area contributed by atoms with Crippen LogP contribution in [0.5, 0.6) is 5.75 Å². The molecule has 0 spiro atoms. The third-order valence-corrected chi connectivity index (χ3v) is 3.71. The predicted octanol–water partition coefficient (Wildman–Crippen LogP) is 3.19. The lowest BCUT2D eigenvalue weighted by Gasteiger charge is -2.06. The molecule has 4 nitrogen and oxygen atoms in total. The van der Waals surface area contributed by atoms with Crippen LogP contribution in [0.25, 0.3) is 0 Å². The van der Waals surface area contributed by atoms with Crippen LogP contribution in [0.4, 0.5) is 0 Å². The van der Waals surface area contributed by atoms with Gasteiger partial charge in [0.15, 0.2) is 0 Å². The fourth-order valence-electron chi connectivity index (χ4n) is 1.75. The van der Waals surface area contributed by atoms with Gasteiger partial charge in [-0.05, 0) is 24.1 Å². The molecule has 0 aliphatic carbocycles. The molecular formula is C14H18N2O2S. The number of H-pyrrole nitrogens is 1. The van der Waals surface area contributed by atoms with E-state index in [1.807, 2.05) is 24.3 Å². The van der Waals surface area contributed by atoms with Crippen LogP contribution < -0.4 is 4.74 Å². The van der Waals surface area contributed by atoms with E-state index in [1.54, 1.807) is 18.9 Å². The Labute approximate surface area is 117 Å². The van der Waals surface area contributed by atoms with Gasteiger partial charge in [-0.25, -0.2) is 4.98 Å². The summed E-state index contributed by atoms with van der Waals surface area (Å²) in [6.07, 6.45) is 0. The standard InChI is InChI=1S/C14H18N2O2S/c1-9(2)13-14(16-12(8-17)15-13)19-11-6-4-5-10(7-11)18-3/h4-7,9,17H,8H2,1-3H3,(H,15,16). The van der Waals surface area contributed by atoms with E-state index < -0.39 is 0 Å². The van der Waals surface area contributed by atoms with E-state index in [2.05, 4.69) is 23.8 Å². The molecule has 2 aromatic rings. The van der Waals surface area contributed by atoms with E-state index in [0.29, 0.717) is 11.7 Å². The van der Waals surface area contributed by atoms with Gasteiger partial charge in [-0.1, -0.05) is 31.7 Å². The molecule has 0 saturated carbocycles. The molecule has 1 heterocycles. The fraction of sp³-hybridized carbons (Fsp3) is 0.357. The largest absolute Gasteiger partial charge is 0.497 e. The summed E-state index contributed by atoms with van der Waals surface area (Å²) >= 11 is 1.60. The maximum absolute atomic E-state index is 9.18. The Bertz CT molecular complexity index is 552. The van der Waals surface area contributed by atoms with E-state index >= 15 is 0 Å². The van der Waals surface area contributed by atoms with Crippen molar-refractivity contribution >= 4 is 11.8 Å². The van der Waals surface area contributed by atoms with Crippen LogP contribution in [0.2, 0.25) is 0 Å². The second-order valence-corrected chi connectivity index (χ2v) is 5.58. The number of aromatic nitrogens is 2. The normalized spacial score (nSPS) is 11.0. The average molecular weight is 278 g/mol. The molecule has 0 radical (unpaired) electrons. The summed E-state index contributed by atoms with van der Waals surface area (Å²) in [6.45, 7) is 4.11. The van der Waals surface area contributed by atoms with E-state index in [-0.39, 0.29) is 6.61 Å². The quantitative estimate of drug-likeness (QED) is 0.882. The number of benzene rings is 1. The number of aromatic amines is 1. The lowest BCUT2D eigenvalue weighted by Crippen LogP contribution is -1.90. The number of aliphatic hydroxyl groups is 1. The second-order valence-electron chi connectivity index (χ2n) is 4.49. The van der Waals surface area contributed by atoms with Gasteiger partial charge in [-0.15, -0.1) is 0 Å². The van der Waals surface area contributed by atoms with Gasteiger partial charge in [0.05, 0.1) is 12.8 Å². The van der Waals surface area contributed by atoms with Crippen molar-refractivity contribution in [2.24, 2.45) is 0 Å². The van der Waals surface area contributed by atoms with E-state index in [0.717, 1.165) is 21.4 Å². The molecule has 0 aliphatic heterocycles. The molecule has 0 atom stereocenters. The number of hydrogen-bond acceptors (Lipinski definition) is 4. The molecule has 2 N–H and O–H groups in total. The van der Waals surface area contributed by atoms with Crippen molar-refractivity contribution in [3.63, 3.8) is 0 Å². The molecular weight excluding hydrogens is 260 g/mol. The van der Waals surface area contributed by atoms with Crippen LogP contribution in [0, 0.1) is 0 Å². The lowest BCUT2D eigenvalue weighted by atomic mass is 10.2. The minimum Gasteiger partial charge on any atom is -0.497 e. The van der Waals surface area contributed by atoms with Crippen molar-refractivity contribution in [1.82, 2.24) is 9.97 Å². The molecule has 0 bridgehead atoms. The number of nitrogens with one attached hydrogen (secondary N) is 1. The molecule has 19 heavy (non-hydrogen) atoms. The molecule has 102 valence electrons. The fourth-order valence-corrected chi connectivity index (χ4v) is 2.86.